The highest BCUT2D eigenvalue weighted by Crippen LogP contribution is 2.45. The minimum Gasteiger partial charge on any atom is -0.481 e. The third kappa shape index (κ3) is 3.77. The number of nitrogens with zero attached hydrogens (tertiary/aromatic N) is 2. The van der Waals surface area contributed by atoms with Gasteiger partial charge in [-0.05, 0) is 25.7 Å². The molecule has 1 aromatic carbocycles. The van der Waals surface area contributed by atoms with E-state index in [0.29, 0.717) is 44.2 Å². The largest absolute Gasteiger partial charge is 0.481 e. The van der Waals surface area contributed by atoms with Crippen LogP contribution in [0.25, 0.3) is 11.3 Å². The number of piperidine rings is 1. The molecule has 6 heteroatoms. The zero-order chi connectivity index (χ0) is 19.0. The lowest BCUT2D eigenvalue weighted by molar-refractivity contribution is -0.165. The Morgan fingerprint density at radius 1 is 1.30 bits per heavy atom. The number of aliphatic carboxylic acids is 1. The number of benzene rings is 1. The van der Waals surface area contributed by atoms with E-state index in [4.69, 9.17) is 4.52 Å². The van der Waals surface area contributed by atoms with Crippen molar-refractivity contribution in [3.05, 3.63) is 41.7 Å². The van der Waals surface area contributed by atoms with E-state index in [0.717, 1.165) is 24.1 Å². The van der Waals surface area contributed by atoms with Crippen molar-refractivity contribution in [1.82, 2.24) is 10.1 Å². The lowest BCUT2D eigenvalue weighted by Gasteiger charge is -2.43. The van der Waals surface area contributed by atoms with Crippen LogP contribution in [0.4, 0.5) is 0 Å². The highest BCUT2D eigenvalue weighted by atomic mass is 16.5. The van der Waals surface area contributed by atoms with Crippen LogP contribution in [0.3, 0.4) is 0 Å². The summed E-state index contributed by atoms with van der Waals surface area (Å²) in [7, 11) is 0. The van der Waals surface area contributed by atoms with Crippen molar-refractivity contribution in [3.63, 3.8) is 0 Å². The summed E-state index contributed by atoms with van der Waals surface area (Å²) in [6.45, 7) is 3.55. The standard InChI is InChI=1S/C21H26N2O4/c1-14-2-6-16(7-3-14)18-10-17(27-22-18)12-23-9-8-19(24)21(13-23,20(25)26)11-15-4-5-15/h2-3,6-7,10,15,19,24H,4-5,8-9,11-13H2,1H3,(H,25,26)/t19-,21-/m1/s1. The third-order valence-corrected chi connectivity index (χ3v) is 5.92. The number of carboxylic acids is 1. The fraction of sp³-hybridized carbons (Fsp3) is 0.524. The summed E-state index contributed by atoms with van der Waals surface area (Å²) in [5.41, 5.74) is 1.90. The van der Waals surface area contributed by atoms with E-state index < -0.39 is 17.5 Å². The smallest absolute Gasteiger partial charge is 0.313 e. The normalized spacial score (nSPS) is 26.2. The highest BCUT2D eigenvalue weighted by molar-refractivity contribution is 5.76. The fourth-order valence-corrected chi connectivity index (χ4v) is 4.10. The second-order valence-electron chi connectivity index (χ2n) is 8.17. The Balaban J connectivity index is 1.47. The topological polar surface area (TPSA) is 86.8 Å². The van der Waals surface area contributed by atoms with Crippen LogP contribution in [0.5, 0.6) is 0 Å². The van der Waals surface area contributed by atoms with Crippen LogP contribution in [-0.2, 0) is 11.3 Å². The maximum atomic E-state index is 12.0. The van der Waals surface area contributed by atoms with Gasteiger partial charge < -0.3 is 14.7 Å². The van der Waals surface area contributed by atoms with Gasteiger partial charge in [-0.3, -0.25) is 9.69 Å². The Bertz CT molecular complexity index is 812. The Morgan fingerprint density at radius 3 is 2.70 bits per heavy atom. The molecule has 0 amide bonds. The summed E-state index contributed by atoms with van der Waals surface area (Å²) in [4.78, 5) is 14.1. The first-order valence-electron chi connectivity index (χ1n) is 9.63. The molecule has 0 unspecified atom stereocenters. The van der Waals surface area contributed by atoms with E-state index in [1.54, 1.807) is 0 Å². The van der Waals surface area contributed by atoms with Gasteiger partial charge in [0.2, 0.25) is 0 Å². The molecule has 0 bridgehead atoms. The summed E-state index contributed by atoms with van der Waals surface area (Å²) < 4.78 is 5.50. The molecule has 4 rings (SSSR count). The SMILES string of the molecule is Cc1ccc(-c2cc(CN3CC[C@@H](O)[C@](CC4CC4)(C(=O)O)C3)on2)cc1. The molecule has 0 spiro atoms. The monoisotopic (exact) mass is 370 g/mol. The van der Waals surface area contributed by atoms with Crippen LogP contribution in [0.2, 0.25) is 0 Å². The molecule has 2 heterocycles. The van der Waals surface area contributed by atoms with Crippen molar-refractivity contribution in [2.45, 2.75) is 45.3 Å². The predicted molar refractivity (Wildman–Crippen MR) is 100.0 cm³/mol. The van der Waals surface area contributed by atoms with E-state index in [-0.39, 0.29) is 0 Å². The maximum absolute atomic E-state index is 12.0. The Labute approximate surface area is 158 Å². The molecule has 1 aromatic heterocycles. The van der Waals surface area contributed by atoms with Crippen molar-refractivity contribution >= 4 is 5.97 Å². The first kappa shape index (κ1) is 18.2. The van der Waals surface area contributed by atoms with Crippen LogP contribution in [-0.4, -0.2) is 45.4 Å². The molecule has 2 N–H and O–H groups in total. The minimum atomic E-state index is -1.07. The fourth-order valence-electron chi connectivity index (χ4n) is 4.10. The molecule has 1 saturated carbocycles. The van der Waals surface area contributed by atoms with Crippen LogP contribution in [0, 0.1) is 18.3 Å². The number of hydrogen-bond donors (Lipinski definition) is 2. The van der Waals surface area contributed by atoms with Crippen LogP contribution < -0.4 is 0 Å². The molecule has 1 saturated heterocycles. The summed E-state index contributed by atoms with van der Waals surface area (Å²) in [6.07, 6.45) is 2.39. The Hall–Kier alpha value is -2.18. The second-order valence-corrected chi connectivity index (χ2v) is 8.17. The zero-order valence-corrected chi connectivity index (χ0v) is 15.6. The summed E-state index contributed by atoms with van der Waals surface area (Å²) in [5, 5.41) is 24.5. The molecular weight excluding hydrogens is 344 g/mol. The van der Waals surface area contributed by atoms with Crippen molar-refractivity contribution in [2.75, 3.05) is 13.1 Å². The van der Waals surface area contributed by atoms with Gasteiger partial charge in [0.1, 0.15) is 11.1 Å². The van der Waals surface area contributed by atoms with E-state index >= 15 is 0 Å². The second kappa shape index (κ2) is 7.09. The number of rotatable bonds is 6. The van der Waals surface area contributed by atoms with Crippen LogP contribution in [0.15, 0.2) is 34.9 Å². The van der Waals surface area contributed by atoms with Gasteiger partial charge in [0.05, 0.1) is 12.6 Å². The molecule has 6 nitrogen and oxygen atoms in total. The summed E-state index contributed by atoms with van der Waals surface area (Å²) >= 11 is 0. The molecule has 1 aliphatic heterocycles. The van der Waals surface area contributed by atoms with Crippen molar-refractivity contribution in [1.29, 1.82) is 0 Å². The van der Waals surface area contributed by atoms with Gasteiger partial charge in [-0.2, -0.15) is 0 Å². The predicted octanol–water partition coefficient (Wildman–Crippen LogP) is 3.09. The molecule has 2 atom stereocenters. The number of aryl methyl sites for hydroxylation is 1. The third-order valence-electron chi connectivity index (χ3n) is 5.92. The van der Waals surface area contributed by atoms with Crippen molar-refractivity contribution in [2.24, 2.45) is 11.3 Å². The van der Waals surface area contributed by atoms with Crippen molar-refractivity contribution in [3.8, 4) is 11.3 Å². The summed E-state index contributed by atoms with van der Waals surface area (Å²) in [5.74, 6) is 0.270. The molecule has 27 heavy (non-hydrogen) atoms. The van der Waals surface area contributed by atoms with E-state index in [1.807, 2.05) is 37.3 Å². The zero-order valence-electron chi connectivity index (χ0n) is 15.6. The number of aliphatic hydroxyl groups is 1. The number of likely N-dealkylation sites (tertiary alicyclic amines) is 1. The minimum absolute atomic E-state index is 0.348. The number of aromatic nitrogens is 1. The highest BCUT2D eigenvalue weighted by Gasteiger charge is 2.51. The van der Waals surface area contributed by atoms with Crippen LogP contribution in [0.1, 0.15) is 37.0 Å². The van der Waals surface area contributed by atoms with Gasteiger partial charge in [-0.1, -0.05) is 47.8 Å². The van der Waals surface area contributed by atoms with E-state index in [2.05, 4.69) is 10.1 Å². The number of aliphatic hydroxyl groups excluding tert-OH is 1. The molecular formula is C21H26N2O4. The average Bonchev–Trinajstić information content (AvgIpc) is 3.34. The average molecular weight is 370 g/mol. The van der Waals surface area contributed by atoms with Crippen LogP contribution >= 0.6 is 0 Å². The molecule has 2 aliphatic rings. The Morgan fingerprint density at radius 2 is 2.04 bits per heavy atom. The molecule has 0 radical (unpaired) electrons. The van der Waals surface area contributed by atoms with Gasteiger partial charge in [-0.25, -0.2) is 0 Å². The van der Waals surface area contributed by atoms with Crippen molar-refractivity contribution < 1.29 is 19.5 Å². The van der Waals surface area contributed by atoms with Gasteiger partial charge in [0, 0.05) is 24.7 Å². The molecule has 2 aromatic rings. The van der Waals surface area contributed by atoms with Gasteiger partial charge in [-0.15, -0.1) is 0 Å². The lowest BCUT2D eigenvalue weighted by Crippen LogP contribution is -2.55. The summed E-state index contributed by atoms with van der Waals surface area (Å²) in [6, 6.07) is 10.0. The first-order chi connectivity index (χ1) is 13.0. The lowest BCUT2D eigenvalue weighted by atomic mass is 9.73. The Kier molecular flexibility index (Phi) is 4.78. The number of hydrogen-bond acceptors (Lipinski definition) is 5. The quantitative estimate of drug-likeness (QED) is 0.813. The molecule has 2 fully saturated rings. The van der Waals surface area contributed by atoms with Gasteiger partial charge in [0.25, 0.3) is 0 Å². The number of carboxylic acid groups (broad SMARTS) is 1. The maximum Gasteiger partial charge on any atom is 0.313 e. The first-order valence-corrected chi connectivity index (χ1v) is 9.63. The molecule has 1 aliphatic carbocycles. The van der Waals surface area contributed by atoms with E-state index in [9.17, 15) is 15.0 Å². The number of carbonyl (C=O) groups is 1. The van der Waals surface area contributed by atoms with Gasteiger partial charge in [0.15, 0.2) is 5.76 Å². The van der Waals surface area contributed by atoms with Gasteiger partial charge >= 0.3 is 5.97 Å². The molecule has 144 valence electrons. The van der Waals surface area contributed by atoms with E-state index in [1.165, 1.54) is 5.56 Å².